The molecule has 0 atom stereocenters. The van der Waals surface area contributed by atoms with E-state index in [-0.39, 0.29) is 5.78 Å². The van der Waals surface area contributed by atoms with Crippen molar-refractivity contribution in [2.75, 3.05) is 5.75 Å². The number of carbonyl (C=O) groups excluding carboxylic acids is 1. The number of Topliss-reactive ketones (excluding diaryl/α,β-unsaturated/α-hetero) is 1. The molecule has 2 aliphatic rings. The number of hydrogen-bond donors (Lipinski definition) is 0. The summed E-state index contributed by atoms with van der Waals surface area (Å²) in [6.45, 7) is 0. The monoisotopic (exact) mass is 328 g/mol. The summed E-state index contributed by atoms with van der Waals surface area (Å²) >= 11 is 1.45. The summed E-state index contributed by atoms with van der Waals surface area (Å²) in [4.78, 5) is 12.5. The molecular formula is C17H20N4OS. The second-order valence-electron chi connectivity index (χ2n) is 6.39. The Morgan fingerprint density at radius 3 is 2.87 bits per heavy atom. The Morgan fingerprint density at radius 1 is 1.17 bits per heavy atom. The minimum Gasteiger partial charge on any atom is -0.293 e. The second kappa shape index (κ2) is 6.43. The Bertz CT molecular complexity index is 721. The third kappa shape index (κ3) is 3.04. The van der Waals surface area contributed by atoms with Gasteiger partial charge in [0.15, 0.2) is 5.78 Å². The van der Waals surface area contributed by atoms with Gasteiger partial charge in [-0.3, -0.25) is 4.79 Å². The summed E-state index contributed by atoms with van der Waals surface area (Å²) < 4.78 is 1.91. The van der Waals surface area contributed by atoms with Crippen molar-refractivity contribution in [1.82, 2.24) is 20.2 Å². The van der Waals surface area contributed by atoms with Crippen LogP contribution in [0.3, 0.4) is 0 Å². The number of benzene rings is 1. The molecule has 120 valence electrons. The maximum absolute atomic E-state index is 12.5. The highest BCUT2D eigenvalue weighted by Crippen LogP contribution is 2.31. The molecule has 0 radical (unpaired) electrons. The topological polar surface area (TPSA) is 60.7 Å². The van der Waals surface area contributed by atoms with Crippen molar-refractivity contribution in [2.24, 2.45) is 0 Å². The fourth-order valence-corrected chi connectivity index (χ4v) is 4.46. The summed E-state index contributed by atoms with van der Waals surface area (Å²) in [6, 6.07) is 6.56. The lowest BCUT2D eigenvalue weighted by molar-refractivity contribution is 0.102. The first-order chi connectivity index (χ1) is 11.3. The molecule has 0 saturated heterocycles. The standard InChI is InChI=1S/C17H20N4OS/c22-16(14-9-8-12-4-3-5-13(12)10-14)11-23-17-18-19-20-21(17)15-6-1-2-7-15/h8-10,15H,1-7,11H2. The first-order valence-electron chi connectivity index (χ1n) is 8.37. The normalized spacial score (nSPS) is 17.6. The Balaban J connectivity index is 1.43. The van der Waals surface area contributed by atoms with Crippen molar-refractivity contribution in [1.29, 1.82) is 0 Å². The van der Waals surface area contributed by atoms with Crippen LogP contribution in [0.5, 0.6) is 0 Å². The van der Waals surface area contributed by atoms with Gasteiger partial charge in [0.2, 0.25) is 5.16 Å². The predicted octanol–water partition coefficient (Wildman–Crippen LogP) is 3.25. The van der Waals surface area contributed by atoms with E-state index in [0.717, 1.165) is 36.4 Å². The molecule has 5 nitrogen and oxygen atoms in total. The summed E-state index contributed by atoms with van der Waals surface area (Å²) in [5.74, 6) is 0.553. The maximum atomic E-state index is 12.5. The molecule has 0 N–H and O–H groups in total. The number of aromatic nitrogens is 4. The van der Waals surface area contributed by atoms with Crippen LogP contribution in [0, 0.1) is 0 Å². The van der Waals surface area contributed by atoms with Crippen LogP contribution in [0.4, 0.5) is 0 Å². The van der Waals surface area contributed by atoms with Crippen molar-refractivity contribution in [3.05, 3.63) is 34.9 Å². The average Bonchev–Trinajstić information content (AvgIpc) is 3.31. The Hall–Kier alpha value is -1.69. The van der Waals surface area contributed by atoms with Crippen molar-refractivity contribution in [3.8, 4) is 0 Å². The molecule has 2 aliphatic carbocycles. The van der Waals surface area contributed by atoms with E-state index in [1.165, 1.54) is 42.2 Å². The molecule has 1 heterocycles. The van der Waals surface area contributed by atoms with Gasteiger partial charge < -0.3 is 0 Å². The first kappa shape index (κ1) is 14.9. The molecule has 0 spiro atoms. The SMILES string of the molecule is O=C(CSc1nnnn1C1CCCC1)c1ccc2c(c1)CCC2. The van der Waals surface area contributed by atoms with Crippen molar-refractivity contribution in [3.63, 3.8) is 0 Å². The number of fused-ring (bicyclic) bond motifs is 1. The number of nitrogens with zero attached hydrogens (tertiary/aromatic N) is 4. The average molecular weight is 328 g/mol. The Labute approximate surface area is 139 Å². The Morgan fingerprint density at radius 2 is 2.00 bits per heavy atom. The van der Waals surface area contributed by atoms with Gasteiger partial charge in [0.25, 0.3) is 0 Å². The van der Waals surface area contributed by atoms with Gasteiger partial charge in [-0.1, -0.05) is 36.7 Å². The lowest BCUT2D eigenvalue weighted by atomic mass is 10.0. The molecule has 1 saturated carbocycles. The van der Waals surface area contributed by atoms with Gasteiger partial charge in [-0.15, -0.1) is 5.10 Å². The molecule has 0 bridgehead atoms. The van der Waals surface area contributed by atoms with Crippen LogP contribution in [-0.4, -0.2) is 31.7 Å². The third-order valence-electron chi connectivity index (χ3n) is 4.89. The minimum atomic E-state index is 0.158. The first-order valence-corrected chi connectivity index (χ1v) is 9.35. The smallest absolute Gasteiger partial charge is 0.210 e. The lowest BCUT2D eigenvalue weighted by Crippen LogP contribution is -2.10. The Kier molecular flexibility index (Phi) is 4.16. The van der Waals surface area contributed by atoms with Gasteiger partial charge >= 0.3 is 0 Å². The highest BCUT2D eigenvalue weighted by molar-refractivity contribution is 7.99. The van der Waals surface area contributed by atoms with E-state index in [2.05, 4.69) is 27.7 Å². The number of carbonyl (C=O) groups is 1. The largest absolute Gasteiger partial charge is 0.293 e. The van der Waals surface area contributed by atoms with Gasteiger partial charge in [-0.05, 0) is 59.7 Å². The van der Waals surface area contributed by atoms with Crippen LogP contribution in [0.25, 0.3) is 0 Å². The number of hydrogen-bond acceptors (Lipinski definition) is 5. The van der Waals surface area contributed by atoms with Gasteiger partial charge in [0, 0.05) is 5.56 Å². The number of aryl methyl sites for hydroxylation is 2. The molecule has 0 unspecified atom stereocenters. The van der Waals surface area contributed by atoms with E-state index in [1.807, 2.05) is 10.7 Å². The van der Waals surface area contributed by atoms with Crippen LogP contribution >= 0.6 is 11.8 Å². The van der Waals surface area contributed by atoms with Crippen molar-refractivity contribution >= 4 is 17.5 Å². The van der Waals surface area contributed by atoms with E-state index in [4.69, 9.17) is 0 Å². The fourth-order valence-electron chi connectivity index (χ4n) is 3.62. The molecule has 0 amide bonds. The highest BCUT2D eigenvalue weighted by Gasteiger charge is 2.22. The molecule has 1 aromatic heterocycles. The van der Waals surface area contributed by atoms with Crippen molar-refractivity contribution in [2.45, 2.75) is 56.1 Å². The summed E-state index contributed by atoms with van der Waals surface area (Å²) in [7, 11) is 0. The molecule has 1 aromatic carbocycles. The lowest BCUT2D eigenvalue weighted by Gasteiger charge is -2.10. The molecule has 6 heteroatoms. The second-order valence-corrected chi connectivity index (χ2v) is 7.34. The minimum absolute atomic E-state index is 0.158. The van der Waals surface area contributed by atoms with E-state index in [9.17, 15) is 4.79 Å². The van der Waals surface area contributed by atoms with Crippen molar-refractivity contribution < 1.29 is 4.79 Å². The van der Waals surface area contributed by atoms with E-state index in [1.54, 1.807) is 0 Å². The number of thioether (sulfide) groups is 1. The summed E-state index contributed by atoms with van der Waals surface area (Å²) in [5, 5.41) is 12.8. The molecule has 4 rings (SSSR count). The zero-order valence-electron chi connectivity index (χ0n) is 13.1. The predicted molar refractivity (Wildman–Crippen MR) is 88.8 cm³/mol. The van der Waals surface area contributed by atoms with Crippen LogP contribution < -0.4 is 0 Å². The van der Waals surface area contributed by atoms with Gasteiger partial charge in [-0.2, -0.15) is 0 Å². The zero-order chi connectivity index (χ0) is 15.6. The summed E-state index contributed by atoms with van der Waals surface area (Å²) in [6.07, 6.45) is 8.20. The maximum Gasteiger partial charge on any atom is 0.210 e. The third-order valence-corrected chi connectivity index (χ3v) is 5.82. The van der Waals surface area contributed by atoms with Gasteiger partial charge in [0.05, 0.1) is 11.8 Å². The summed E-state index contributed by atoms with van der Waals surface area (Å²) in [5.41, 5.74) is 3.56. The molecule has 1 fully saturated rings. The van der Waals surface area contributed by atoms with Crippen LogP contribution in [0.1, 0.15) is 59.6 Å². The quantitative estimate of drug-likeness (QED) is 0.623. The molecule has 2 aromatic rings. The van der Waals surface area contributed by atoms with Gasteiger partial charge in [0.1, 0.15) is 0 Å². The van der Waals surface area contributed by atoms with Gasteiger partial charge in [-0.25, -0.2) is 4.68 Å². The number of tetrazole rings is 1. The molecule has 0 aliphatic heterocycles. The molecular weight excluding hydrogens is 308 g/mol. The van der Waals surface area contributed by atoms with Crippen LogP contribution in [0.15, 0.2) is 23.4 Å². The zero-order valence-corrected chi connectivity index (χ0v) is 13.9. The molecule has 23 heavy (non-hydrogen) atoms. The number of rotatable bonds is 5. The number of ketones is 1. The van der Waals surface area contributed by atoms with E-state index < -0.39 is 0 Å². The van der Waals surface area contributed by atoms with E-state index >= 15 is 0 Å². The van der Waals surface area contributed by atoms with E-state index in [0.29, 0.717) is 11.8 Å². The van der Waals surface area contributed by atoms with Crippen LogP contribution in [-0.2, 0) is 12.8 Å². The highest BCUT2D eigenvalue weighted by atomic mass is 32.2. The van der Waals surface area contributed by atoms with Crippen LogP contribution in [0.2, 0.25) is 0 Å². The fraction of sp³-hybridized carbons (Fsp3) is 0.529.